The lowest BCUT2D eigenvalue weighted by Gasteiger charge is -2.00. The van der Waals surface area contributed by atoms with Crippen molar-refractivity contribution in [2.45, 2.75) is 6.42 Å². The van der Waals surface area contributed by atoms with Crippen LogP contribution in [0.25, 0.3) is 0 Å². The number of rotatable bonds is 5. The third kappa shape index (κ3) is 3.90. The maximum absolute atomic E-state index is 5.58. The zero-order valence-electron chi connectivity index (χ0n) is 6.85. The monoisotopic (exact) mass is 201 g/mol. The highest BCUT2D eigenvalue weighted by Crippen LogP contribution is 2.05. The van der Waals surface area contributed by atoms with Crippen LogP contribution in [0.2, 0.25) is 0 Å². The molecule has 1 heterocycles. The predicted octanol–water partition coefficient (Wildman–Crippen LogP) is 2.63. The minimum Gasteiger partial charge on any atom is -0.311 e. The van der Waals surface area contributed by atoms with Gasteiger partial charge in [0, 0.05) is 11.6 Å². The van der Waals surface area contributed by atoms with Crippen LogP contribution in [-0.4, -0.2) is 13.1 Å². The third-order valence-electron chi connectivity index (χ3n) is 1.49. The van der Waals surface area contributed by atoms with Gasteiger partial charge in [-0.25, -0.2) is 0 Å². The van der Waals surface area contributed by atoms with Crippen molar-refractivity contribution in [3.63, 3.8) is 0 Å². The van der Waals surface area contributed by atoms with Crippen LogP contribution in [-0.2, 0) is 6.42 Å². The normalized spacial score (nSPS) is 10.1. The zero-order chi connectivity index (χ0) is 8.81. The van der Waals surface area contributed by atoms with E-state index < -0.39 is 0 Å². The highest BCUT2D eigenvalue weighted by atomic mass is 35.5. The SMILES string of the molecule is C=C(Cl)CNCCc1ccsc1. The van der Waals surface area contributed by atoms with Gasteiger partial charge in [-0.3, -0.25) is 0 Å². The average molecular weight is 202 g/mol. The van der Waals surface area contributed by atoms with Gasteiger partial charge in [-0.05, 0) is 35.4 Å². The molecule has 0 fully saturated rings. The van der Waals surface area contributed by atoms with Crippen LogP contribution in [0.15, 0.2) is 28.4 Å². The molecule has 0 aliphatic rings. The molecule has 1 N–H and O–H groups in total. The summed E-state index contributed by atoms with van der Waals surface area (Å²) in [5.74, 6) is 0. The smallest absolute Gasteiger partial charge is 0.0307 e. The minimum absolute atomic E-state index is 0.667. The highest BCUT2D eigenvalue weighted by molar-refractivity contribution is 7.07. The lowest BCUT2D eigenvalue weighted by atomic mass is 10.2. The first-order valence-corrected chi connectivity index (χ1v) is 5.16. The minimum atomic E-state index is 0.667. The van der Waals surface area contributed by atoms with Crippen LogP contribution >= 0.6 is 22.9 Å². The summed E-state index contributed by atoms with van der Waals surface area (Å²) < 4.78 is 0. The van der Waals surface area contributed by atoms with Crippen LogP contribution in [0, 0.1) is 0 Å². The van der Waals surface area contributed by atoms with Gasteiger partial charge in [0.2, 0.25) is 0 Å². The molecule has 1 nitrogen and oxygen atoms in total. The first kappa shape index (κ1) is 9.78. The Morgan fingerprint density at radius 1 is 1.67 bits per heavy atom. The van der Waals surface area contributed by atoms with E-state index >= 15 is 0 Å². The van der Waals surface area contributed by atoms with Crippen LogP contribution in [0.4, 0.5) is 0 Å². The quantitative estimate of drug-likeness (QED) is 0.723. The fraction of sp³-hybridized carbons (Fsp3) is 0.333. The molecule has 0 saturated heterocycles. The molecule has 0 unspecified atom stereocenters. The summed E-state index contributed by atoms with van der Waals surface area (Å²) >= 11 is 7.32. The Bertz CT molecular complexity index is 231. The summed E-state index contributed by atoms with van der Waals surface area (Å²) in [4.78, 5) is 0. The number of thiophene rings is 1. The van der Waals surface area contributed by atoms with Gasteiger partial charge in [-0.15, -0.1) is 0 Å². The number of halogens is 1. The van der Waals surface area contributed by atoms with Crippen molar-refractivity contribution < 1.29 is 0 Å². The molecule has 3 heteroatoms. The summed E-state index contributed by atoms with van der Waals surface area (Å²) in [5.41, 5.74) is 1.38. The van der Waals surface area contributed by atoms with Crippen molar-refractivity contribution in [2.75, 3.05) is 13.1 Å². The molecule has 1 aromatic heterocycles. The summed E-state index contributed by atoms with van der Waals surface area (Å²) in [6.07, 6.45) is 1.06. The summed E-state index contributed by atoms with van der Waals surface area (Å²) in [6.45, 7) is 5.26. The van der Waals surface area contributed by atoms with Crippen LogP contribution < -0.4 is 5.32 Å². The molecule has 0 bridgehead atoms. The molecule has 0 aromatic carbocycles. The lowest BCUT2D eigenvalue weighted by Crippen LogP contribution is -2.18. The second-order valence-electron chi connectivity index (χ2n) is 2.58. The highest BCUT2D eigenvalue weighted by Gasteiger charge is 1.92. The molecular weight excluding hydrogens is 190 g/mol. The van der Waals surface area contributed by atoms with E-state index in [2.05, 4.69) is 28.7 Å². The van der Waals surface area contributed by atoms with Gasteiger partial charge in [0.05, 0.1) is 0 Å². The van der Waals surface area contributed by atoms with Gasteiger partial charge in [-0.2, -0.15) is 11.3 Å². The average Bonchev–Trinajstić information content (AvgIpc) is 2.49. The molecule has 0 amide bonds. The van der Waals surface area contributed by atoms with Gasteiger partial charge in [0.25, 0.3) is 0 Å². The second kappa shape index (κ2) is 5.36. The second-order valence-corrected chi connectivity index (χ2v) is 3.89. The Morgan fingerprint density at radius 2 is 2.50 bits per heavy atom. The van der Waals surface area contributed by atoms with Gasteiger partial charge < -0.3 is 5.32 Å². The van der Waals surface area contributed by atoms with E-state index in [0.29, 0.717) is 11.6 Å². The number of hydrogen-bond acceptors (Lipinski definition) is 2. The first-order chi connectivity index (χ1) is 5.79. The fourth-order valence-corrected chi connectivity index (χ4v) is 1.69. The maximum Gasteiger partial charge on any atom is 0.0307 e. The third-order valence-corrected chi connectivity index (χ3v) is 2.35. The maximum atomic E-state index is 5.58. The molecule has 66 valence electrons. The molecule has 0 atom stereocenters. The Balaban J connectivity index is 2.07. The van der Waals surface area contributed by atoms with Gasteiger partial charge in [0.15, 0.2) is 0 Å². The van der Waals surface area contributed by atoms with E-state index in [1.807, 2.05) is 0 Å². The van der Waals surface area contributed by atoms with Crippen molar-refractivity contribution in [3.05, 3.63) is 34.0 Å². The Hall–Kier alpha value is -0.310. The Labute approximate surface area is 82.1 Å². The molecule has 0 aliphatic heterocycles. The lowest BCUT2D eigenvalue weighted by molar-refractivity contribution is 0.742. The van der Waals surface area contributed by atoms with Crippen molar-refractivity contribution in [3.8, 4) is 0 Å². The molecular formula is C9H12ClNS. The van der Waals surface area contributed by atoms with Crippen LogP contribution in [0.1, 0.15) is 5.56 Å². The van der Waals surface area contributed by atoms with E-state index in [-0.39, 0.29) is 0 Å². The summed E-state index contributed by atoms with van der Waals surface area (Å²) in [6, 6.07) is 2.14. The standard InChI is InChI=1S/C9H12ClNS/c1-8(10)6-11-4-2-9-3-5-12-7-9/h3,5,7,11H,1-2,4,6H2. The first-order valence-electron chi connectivity index (χ1n) is 3.84. The Kier molecular flexibility index (Phi) is 4.36. The largest absolute Gasteiger partial charge is 0.311 e. The molecule has 0 radical (unpaired) electrons. The van der Waals surface area contributed by atoms with Crippen molar-refractivity contribution in [2.24, 2.45) is 0 Å². The molecule has 0 spiro atoms. The van der Waals surface area contributed by atoms with Crippen molar-refractivity contribution in [1.82, 2.24) is 5.32 Å². The van der Waals surface area contributed by atoms with E-state index in [1.165, 1.54) is 5.56 Å². The van der Waals surface area contributed by atoms with Crippen molar-refractivity contribution in [1.29, 1.82) is 0 Å². The molecule has 0 aliphatic carbocycles. The molecule has 1 aromatic rings. The van der Waals surface area contributed by atoms with E-state index in [9.17, 15) is 0 Å². The zero-order valence-corrected chi connectivity index (χ0v) is 8.42. The van der Waals surface area contributed by atoms with Gasteiger partial charge >= 0.3 is 0 Å². The topological polar surface area (TPSA) is 12.0 Å². The van der Waals surface area contributed by atoms with Gasteiger partial charge in [-0.1, -0.05) is 18.2 Å². The van der Waals surface area contributed by atoms with Crippen molar-refractivity contribution >= 4 is 22.9 Å². The number of nitrogens with one attached hydrogen (secondary N) is 1. The van der Waals surface area contributed by atoms with Crippen LogP contribution in [0.3, 0.4) is 0 Å². The summed E-state index contributed by atoms with van der Waals surface area (Å²) in [5, 5.41) is 8.12. The fourth-order valence-electron chi connectivity index (χ4n) is 0.892. The molecule has 12 heavy (non-hydrogen) atoms. The van der Waals surface area contributed by atoms with Crippen LogP contribution in [0.5, 0.6) is 0 Å². The Morgan fingerprint density at radius 3 is 3.08 bits per heavy atom. The van der Waals surface area contributed by atoms with Gasteiger partial charge in [0.1, 0.15) is 0 Å². The van der Waals surface area contributed by atoms with E-state index in [4.69, 9.17) is 11.6 Å². The molecule has 1 rings (SSSR count). The van der Waals surface area contributed by atoms with E-state index in [0.717, 1.165) is 13.0 Å². The van der Waals surface area contributed by atoms with E-state index in [1.54, 1.807) is 11.3 Å². The molecule has 0 saturated carbocycles. The number of hydrogen-bond donors (Lipinski definition) is 1. The summed E-state index contributed by atoms with van der Waals surface area (Å²) in [7, 11) is 0. The predicted molar refractivity (Wildman–Crippen MR) is 55.9 cm³/mol.